The Balaban J connectivity index is 2.29. The zero-order valence-electron chi connectivity index (χ0n) is 9.40. The third-order valence-electron chi connectivity index (χ3n) is 2.24. The number of nitrogens with one attached hydrogen (secondary N) is 1. The van der Waals surface area contributed by atoms with Crippen LogP contribution in [0.15, 0.2) is 24.3 Å². The molecule has 0 aliphatic carbocycles. The van der Waals surface area contributed by atoms with Gasteiger partial charge in [-0.05, 0) is 18.1 Å². The molecule has 0 aliphatic rings. The summed E-state index contributed by atoms with van der Waals surface area (Å²) >= 11 is 0. The fourth-order valence-electron chi connectivity index (χ4n) is 1.35. The Morgan fingerprint density at radius 1 is 1.44 bits per heavy atom. The lowest BCUT2D eigenvalue weighted by Crippen LogP contribution is -2.27. The van der Waals surface area contributed by atoms with Gasteiger partial charge in [-0.15, -0.1) is 0 Å². The molecule has 0 aromatic heterocycles. The highest BCUT2D eigenvalue weighted by molar-refractivity contribution is 5.76. The van der Waals surface area contributed by atoms with Crippen LogP contribution in [0.2, 0.25) is 0 Å². The molecule has 0 unspecified atom stereocenters. The summed E-state index contributed by atoms with van der Waals surface area (Å²) < 4.78 is 4.82. The molecule has 1 rings (SSSR count). The van der Waals surface area contributed by atoms with Crippen LogP contribution < -0.4 is 5.32 Å². The van der Waals surface area contributed by atoms with Crippen molar-refractivity contribution in [2.24, 2.45) is 0 Å². The highest BCUT2D eigenvalue weighted by Gasteiger charge is 2.04. The lowest BCUT2D eigenvalue weighted by Gasteiger charge is -2.05. The van der Waals surface area contributed by atoms with Crippen molar-refractivity contribution < 1.29 is 14.6 Å². The molecule has 0 aliphatic heterocycles. The molecular weight excluding hydrogens is 206 g/mol. The maximum Gasteiger partial charge on any atom is 0.220 e. The molecule has 0 atom stereocenters. The number of methoxy groups -OCH3 is 1. The summed E-state index contributed by atoms with van der Waals surface area (Å²) in [6, 6.07) is 7.05. The van der Waals surface area contributed by atoms with E-state index in [2.05, 4.69) is 5.32 Å². The van der Waals surface area contributed by atoms with Gasteiger partial charge in [-0.2, -0.15) is 0 Å². The van der Waals surface area contributed by atoms with E-state index >= 15 is 0 Å². The second-order valence-corrected chi connectivity index (χ2v) is 3.47. The first-order valence-corrected chi connectivity index (χ1v) is 5.26. The highest BCUT2D eigenvalue weighted by Crippen LogP contribution is 2.16. The lowest BCUT2D eigenvalue weighted by molar-refractivity contribution is -0.121. The van der Waals surface area contributed by atoms with E-state index in [0.717, 1.165) is 5.56 Å². The van der Waals surface area contributed by atoms with Gasteiger partial charge in [0.2, 0.25) is 5.91 Å². The first kappa shape index (κ1) is 12.5. The van der Waals surface area contributed by atoms with E-state index in [0.29, 0.717) is 26.0 Å². The van der Waals surface area contributed by atoms with Crippen molar-refractivity contribution >= 4 is 5.91 Å². The SMILES string of the molecule is COCCNC(=O)CCc1ccccc1O. The number of ether oxygens (including phenoxy) is 1. The zero-order chi connectivity index (χ0) is 11.8. The number of hydrogen-bond acceptors (Lipinski definition) is 3. The maximum absolute atomic E-state index is 11.4. The minimum Gasteiger partial charge on any atom is -0.508 e. The van der Waals surface area contributed by atoms with E-state index in [-0.39, 0.29) is 11.7 Å². The average molecular weight is 223 g/mol. The van der Waals surface area contributed by atoms with Crippen LogP contribution in [-0.4, -0.2) is 31.3 Å². The first-order valence-electron chi connectivity index (χ1n) is 5.26. The Labute approximate surface area is 95.2 Å². The number of carbonyl (C=O) groups is 1. The van der Waals surface area contributed by atoms with Gasteiger partial charge < -0.3 is 15.2 Å². The van der Waals surface area contributed by atoms with Gasteiger partial charge in [0, 0.05) is 20.1 Å². The van der Waals surface area contributed by atoms with Gasteiger partial charge in [-0.3, -0.25) is 4.79 Å². The predicted octanol–water partition coefficient (Wildman–Crippen LogP) is 1.09. The van der Waals surface area contributed by atoms with Crippen molar-refractivity contribution in [1.29, 1.82) is 0 Å². The molecule has 0 saturated carbocycles. The standard InChI is InChI=1S/C12H17NO3/c1-16-9-8-13-12(15)7-6-10-4-2-3-5-11(10)14/h2-5,14H,6-9H2,1H3,(H,13,15). The van der Waals surface area contributed by atoms with Gasteiger partial charge >= 0.3 is 0 Å². The third-order valence-corrected chi connectivity index (χ3v) is 2.24. The Morgan fingerprint density at radius 3 is 2.88 bits per heavy atom. The van der Waals surface area contributed by atoms with Gasteiger partial charge in [0.15, 0.2) is 0 Å². The first-order chi connectivity index (χ1) is 7.74. The van der Waals surface area contributed by atoms with Crippen LogP contribution >= 0.6 is 0 Å². The molecule has 16 heavy (non-hydrogen) atoms. The number of rotatable bonds is 6. The van der Waals surface area contributed by atoms with E-state index in [9.17, 15) is 9.90 Å². The molecule has 0 heterocycles. The van der Waals surface area contributed by atoms with Gasteiger partial charge in [0.1, 0.15) is 5.75 Å². The lowest BCUT2D eigenvalue weighted by atomic mass is 10.1. The summed E-state index contributed by atoms with van der Waals surface area (Å²) in [6.45, 7) is 1.04. The molecule has 0 radical (unpaired) electrons. The molecule has 2 N–H and O–H groups in total. The minimum absolute atomic E-state index is 0.0275. The van der Waals surface area contributed by atoms with Crippen LogP contribution in [0.5, 0.6) is 5.75 Å². The second-order valence-electron chi connectivity index (χ2n) is 3.47. The van der Waals surface area contributed by atoms with E-state index in [4.69, 9.17) is 4.74 Å². The Hall–Kier alpha value is -1.55. The van der Waals surface area contributed by atoms with Crippen LogP contribution in [-0.2, 0) is 16.0 Å². The van der Waals surface area contributed by atoms with Crippen molar-refractivity contribution in [3.8, 4) is 5.75 Å². The van der Waals surface area contributed by atoms with E-state index in [1.165, 1.54) is 0 Å². The van der Waals surface area contributed by atoms with Crippen LogP contribution in [0, 0.1) is 0 Å². The summed E-state index contributed by atoms with van der Waals surface area (Å²) in [5.74, 6) is 0.215. The zero-order valence-corrected chi connectivity index (χ0v) is 9.40. The van der Waals surface area contributed by atoms with Gasteiger partial charge in [-0.1, -0.05) is 18.2 Å². The molecule has 4 heteroatoms. The Bertz CT molecular complexity index is 339. The summed E-state index contributed by atoms with van der Waals surface area (Å²) in [6.07, 6.45) is 0.923. The number of aryl methyl sites for hydroxylation is 1. The number of carbonyl (C=O) groups excluding carboxylic acids is 1. The van der Waals surface area contributed by atoms with E-state index < -0.39 is 0 Å². The van der Waals surface area contributed by atoms with Gasteiger partial charge in [-0.25, -0.2) is 0 Å². The largest absolute Gasteiger partial charge is 0.508 e. The molecule has 88 valence electrons. The molecule has 0 fully saturated rings. The summed E-state index contributed by atoms with van der Waals surface area (Å²) in [4.78, 5) is 11.4. The Kier molecular flexibility index (Phi) is 5.36. The number of hydrogen-bond donors (Lipinski definition) is 2. The van der Waals surface area contributed by atoms with Gasteiger partial charge in [0.25, 0.3) is 0 Å². The molecule has 0 bridgehead atoms. The molecule has 1 amide bonds. The molecule has 4 nitrogen and oxygen atoms in total. The number of phenolic OH excluding ortho intramolecular Hbond substituents is 1. The number of amides is 1. The summed E-state index contributed by atoms with van der Waals surface area (Å²) in [5.41, 5.74) is 0.796. The monoisotopic (exact) mass is 223 g/mol. The maximum atomic E-state index is 11.4. The van der Waals surface area contributed by atoms with Crippen molar-refractivity contribution in [3.05, 3.63) is 29.8 Å². The number of phenols is 1. The van der Waals surface area contributed by atoms with Crippen LogP contribution in [0.4, 0.5) is 0 Å². The summed E-state index contributed by atoms with van der Waals surface area (Å²) in [7, 11) is 1.59. The number of para-hydroxylation sites is 1. The molecular formula is C12H17NO3. The topological polar surface area (TPSA) is 58.6 Å². The van der Waals surface area contributed by atoms with Crippen molar-refractivity contribution in [2.45, 2.75) is 12.8 Å². The molecule has 1 aromatic rings. The summed E-state index contributed by atoms with van der Waals surface area (Å²) in [5, 5.41) is 12.2. The highest BCUT2D eigenvalue weighted by atomic mass is 16.5. The molecule has 0 saturated heterocycles. The van der Waals surface area contributed by atoms with Crippen molar-refractivity contribution in [2.75, 3.05) is 20.3 Å². The number of benzene rings is 1. The average Bonchev–Trinajstić information content (AvgIpc) is 2.28. The molecule has 1 aromatic carbocycles. The Morgan fingerprint density at radius 2 is 2.19 bits per heavy atom. The van der Waals surface area contributed by atoms with E-state index in [1.807, 2.05) is 12.1 Å². The van der Waals surface area contributed by atoms with E-state index in [1.54, 1.807) is 19.2 Å². The van der Waals surface area contributed by atoms with Crippen molar-refractivity contribution in [3.63, 3.8) is 0 Å². The van der Waals surface area contributed by atoms with Crippen molar-refractivity contribution in [1.82, 2.24) is 5.32 Å². The smallest absolute Gasteiger partial charge is 0.220 e. The number of aromatic hydroxyl groups is 1. The normalized spacial score (nSPS) is 10.1. The van der Waals surface area contributed by atoms with Gasteiger partial charge in [0.05, 0.1) is 6.61 Å². The quantitative estimate of drug-likeness (QED) is 0.710. The molecule has 0 spiro atoms. The van der Waals surface area contributed by atoms with Crippen LogP contribution in [0.3, 0.4) is 0 Å². The minimum atomic E-state index is -0.0275. The van der Waals surface area contributed by atoms with Crippen LogP contribution in [0.25, 0.3) is 0 Å². The second kappa shape index (κ2) is 6.85. The predicted molar refractivity (Wildman–Crippen MR) is 61.3 cm³/mol. The van der Waals surface area contributed by atoms with Crippen LogP contribution in [0.1, 0.15) is 12.0 Å². The fraction of sp³-hybridized carbons (Fsp3) is 0.417. The fourth-order valence-corrected chi connectivity index (χ4v) is 1.35. The third kappa shape index (κ3) is 4.31.